The van der Waals surface area contributed by atoms with Crippen molar-refractivity contribution >= 4 is 0 Å². The van der Waals surface area contributed by atoms with Crippen molar-refractivity contribution in [1.29, 1.82) is 0 Å². The summed E-state index contributed by atoms with van der Waals surface area (Å²) in [5.74, 6) is 0.725. The SMILES string of the molecule is CC(N[C@H]1CCCC[C@@H]1O)C1CCOCC1. The zero-order chi connectivity index (χ0) is 11.4. The number of nitrogens with one attached hydrogen (secondary N) is 1. The molecule has 3 nitrogen and oxygen atoms in total. The highest BCUT2D eigenvalue weighted by Crippen LogP contribution is 2.23. The Kier molecular flexibility index (Phi) is 4.62. The van der Waals surface area contributed by atoms with E-state index in [2.05, 4.69) is 12.2 Å². The number of hydrogen-bond acceptors (Lipinski definition) is 3. The summed E-state index contributed by atoms with van der Waals surface area (Å²) in [7, 11) is 0. The Labute approximate surface area is 98.6 Å². The Morgan fingerprint density at radius 1 is 1.12 bits per heavy atom. The van der Waals surface area contributed by atoms with Crippen LogP contribution in [0.25, 0.3) is 0 Å². The average molecular weight is 227 g/mol. The van der Waals surface area contributed by atoms with E-state index >= 15 is 0 Å². The van der Waals surface area contributed by atoms with Crippen molar-refractivity contribution in [3.63, 3.8) is 0 Å². The smallest absolute Gasteiger partial charge is 0.0693 e. The summed E-state index contributed by atoms with van der Waals surface area (Å²) in [6.07, 6.45) is 6.75. The lowest BCUT2D eigenvalue weighted by Gasteiger charge is -2.35. The molecule has 3 heteroatoms. The van der Waals surface area contributed by atoms with Crippen LogP contribution in [0.2, 0.25) is 0 Å². The predicted molar refractivity (Wildman–Crippen MR) is 64.4 cm³/mol. The highest BCUT2D eigenvalue weighted by molar-refractivity contribution is 4.85. The summed E-state index contributed by atoms with van der Waals surface area (Å²) in [5, 5.41) is 13.6. The van der Waals surface area contributed by atoms with E-state index in [-0.39, 0.29) is 6.10 Å². The number of aliphatic hydroxyl groups excluding tert-OH is 1. The highest BCUT2D eigenvalue weighted by Gasteiger charge is 2.27. The van der Waals surface area contributed by atoms with Gasteiger partial charge in [0, 0.05) is 25.3 Å². The Bertz CT molecular complexity index is 204. The lowest BCUT2D eigenvalue weighted by atomic mass is 9.88. The summed E-state index contributed by atoms with van der Waals surface area (Å²) in [5.41, 5.74) is 0. The maximum absolute atomic E-state index is 9.93. The molecule has 1 unspecified atom stereocenters. The van der Waals surface area contributed by atoms with Crippen LogP contribution in [0, 0.1) is 5.92 Å². The van der Waals surface area contributed by atoms with Gasteiger partial charge in [0.25, 0.3) is 0 Å². The van der Waals surface area contributed by atoms with Crippen LogP contribution in [0.3, 0.4) is 0 Å². The van der Waals surface area contributed by atoms with Crippen LogP contribution in [0.15, 0.2) is 0 Å². The summed E-state index contributed by atoms with van der Waals surface area (Å²) in [4.78, 5) is 0. The molecule has 1 aliphatic heterocycles. The molecule has 0 amide bonds. The molecule has 1 saturated carbocycles. The van der Waals surface area contributed by atoms with Gasteiger partial charge in [0.2, 0.25) is 0 Å². The molecular formula is C13H25NO2. The fraction of sp³-hybridized carbons (Fsp3) is 1.00. The second-order valence-electron chi connectivity index (χ2n) is 5.36. The number of rotatable bonds is 3. The molecule has 2 fully saturated rings. The third-order valence-corrected chi connectivity index (χ3v) is 4.18. The monoisotopic (exact) mass is 227 g/mol. The number of hydrogen-bond donors (Lipinski definition) is 2. The molecule has 1 heterocycles. The first-order chi connectivity index (χ1) is 7.77. The Hall–Kier alpha value is -0.120. The van der Waals surface area contributed by atoms with Gasteiger partial charge in [-0.2, -0.15) is 0 Å². The zero-order valence-corrected chi connectivity index (χ0v) is 10.3. The first kappa shape index (κ1) is 12.3. The van der Waals surface area contributed by atoms with Gasteiger partial charge < -0.3 is 15.2 Å². The van der Waals surface area contributed by atoms with Gasteiger partial charge in [0.15, 0.2) is 0 Å². The van der Waals surface area contributed by atoms with Crippen molar-refractivity contribution in [1.82, 2.24) is 5.32 Å². The van der Waals surface area contributed by atoms with Crippen LogP contribution in [0.1, 0.15) is 45.4 Å². The van der Waals surface area contributed by atoms with Crippen molar-refractivity contribution in [3.8, 4) is 0 Å². The van der Waals surface area contributed by atoms with Crippen molar-refractivity contribution in [3.05, 3.63) is 0 Å². The largest absolute Gasteiger partial charge is 0.392 e. The minimum Gasteiger partial charge on any atom is -0.392 e. The molecule has 0 aromatic carbocycles. The fourth-order valence-electron chi connectivity index (χ4n) is 3.00. The molecule has 1 aliphatic carbocycles. The van der Waals surface area contributed by atoms with Gasteiger partial charge >= 0.3 is 0 Å². The average Bonchev–Trinajstić information content (AvgIpc) is 2.33. The molecule has 2 aliphatic rings. The van der Waals surface area contributed by atoms with Crippen molar-refractivity contribution in [2.45, 2.75) is 63.6 Å². The van der Waals surface area contributed by atoms with E-state index in [1.807, 2.05) is 0 Å². The molecule has 0 aromatic heterocycles. The van der Waals surface area contributed by atoms with Gasteiger partial charge in [-0.1, -0.05) is 12.8 Å². The standard InChI is InChI=1S/C13H25NO2/c1-10(11-6-8-16-9-7-11)14-12-4-2-3-5-13(12)15/h10-15H,2-9H2,1H3/t10?,12-,13-/m0/s1. The van der Waals surface area contributed by atoms with E-state index in [0.29, 0.717) is 12.1 Å². The summed E-state index contributed by atoms with van der Waals surface area (Å²) < 4.78 is 5.38. The van der Waals surface area contributed by atoms with Gasteiger partial charge in [0.05, 0.1) is 6.10 Å². The minimum atomic E-state index is -0.129. The van der Waals surface area contributed by atoms with Crippen LogP contribution < -0.4 is 5.32 Å². The van der Waals surface area contributed by atoms with Crippen LogP contribution in [0.4, 0.5) is 0 Å². The first-order valence-corrected chi connectivity index (χ1v) is 6.79. The normalized spacial score (nSPS) is 34.9. The van der Waals surface area contributed by atoms with E-state index in [0.717, 1.165) is 44.8 Å². The van der Waals surface area contributed by atoms with Gasteiger partial charge in [-0.3, -0.25) is 0 Å². The topological polar surface area (TPSA) is 41.5 Å². The molecule has 2 N–H and O–H groups in total. The molecule has 0 aromatic rings. The van der Waals surface area contributed by atoms with E-state index in [1.165, 1.54) is 12.8 Å². The third-order valence-electron chi connectivity index (χ3n) is 4.18. The maximum atomic E-state index is 9.93. The van der Waals surface area contributed by atoms with Crippen LogP contribution in [0.5, 0.6) is 0 Å². The molecule has 2 rings (SSSR count). The van der Waals surface area contributed by atoms with Gasteiger partial charge in [0.1, 0.15) is 0 Å². The molecule has 0 bridgehead atoms. The molecule has 94 valence electrons. The van der Waals surface area contributed by atoms with Crippen molar-refractivity contribution in [2.75, 3.05) is 13.2 Å². The second kappa shape index (κ2) is 5.99. The van der Waals surface area contributed by atoms with E-state index in [9.17, 15) is 5.11 Å². The minimum absolute atomic E-state index is 0.129. The zero-order valence-electron chi connectivity index (χ0n) is 10.3. The third kappa shape index (κ3) is 3.19. The van der Waals surface area contributed by atoms with Crippen LogP contribution in [-0.2, 0) is 4.74 Å². The molecule has 0 spiro atoms. The second-order valence-corrected chi connectivity index (χ2v) is 5.36. The number of aliphatic hydroxyl groups is 1. The Balaban J connectivity index is 1.78. The lowest BCUT2D eigenvalue weighted by Crippen LogP contribution is -2.49. The Morgan fingerprint density at radius 2 is 1.81 bits per heavy atom. The molecular weight excluding hydrogens is 202 g/mol. The molecule has 1 saturated heterocycles. The molecule has 3 atom stereocenters. The van der Waals surface area contributed by atoms with E-state index in [1.54, 1.807) is 0 Å². The summed E-state index contributed by atoms with van der Waals surface area (Å²) in [6.45, 7) is 4.07. The summed E-state index contributed by atoms with van der Waals surface area (Å²) >= 11 is 0. The van der Waals surface area contributed by atoms with Crippen molar-refractivity contribution in [2.24, 2.45) is 5.92 Å². The molecule has 16 heavy (non-hydrogen) atoms. The fourth-order valence-corrected chi connectivity index (χ4v) is 3.00. The van der Waals surface area contributed by atoms with Gasteiger partial charge in [-0.15, -0.1) is 0 Å². The summed E-state index contributed by atoms with van der Waals surface area (Å²) in [6, 6.07) is 0.841. The number of ether oxygens (including phenoxy) is 1. The molecule has 0 radical (unpaired) electrons. The highest BCUT2D eigenvalue weighted by atomic mass is 16.5. The Morgan fingerprint density at radius 3 is 2.50 bits per heavy atom. The van der Waals surface area contributed by atoms with E-state index < -0.39 is 0 Å². The van der Waals surface area contributed by atoms with E-state index in [4.69, 9.17) is 4.74 Å². The maximum Gasteiger partial charge on any atom is 0.0693 e. The van der Waals surface area contributed by atoms with Gasteiger partial charge in [-0.25, -0.2) is 0 Å². The quantitative estimate of drug-likeness (QED) is 0.771. The lowest BCUT2D eigenvalue weighted by molar-refractivity contribution is 0.0419. The van der Waals surface area contributed by atoms with Gasteiger partial charge in [-0.05, 0) is 38.5 Å². The predicted octanol–water partition coefficient (Wildman–Crippen LogP) is 1.69. The van der Waals surface area contributed by atoms with Crippen LogP contribution in [-0.4, -0.2) is 36.5 Å². The van der Waals surface area contributed by atoms with Crippen molar-refractivity contribution < 1.29 is 9.84 Å². The first-order valence-electron chi connectivity index (χ1n) is 6.79. The van der Waals surface area contributed by atoms with Crippen LogP contribution >= 0.6 is 0 Å².